The maximum atomic E-state index is 9.48. The highest BCUT2D eigenvalue weighted by Crippen LogP contribution is 2.38. The molecule has 1 saturated carbocycles. The first-order valence-electron chi connectivity index (χ1n) is 6.52. The topological polar surface area (TPSA) is 56.0 Å². The van der Waals surface area contributed by atoms with E-state index in [1.54, 1.807) is 11.8 Å². The molecule has 0 amide bonds. The fourth-order valence-corrected chi connectivity index (χ4v) is 3.53. The molecular formula is C13H24N2OS. The van der Waals surface area contributed by atoms with Gasteiger partial charge in [-0.05, 0) is 44.8 Å². The van der Waals surface area contributed by atoms with E-state index in [1.165, 1.54) is 0 Å². The van der Waals surface area contributed by atoms with Gasteiger partial charge in [0.2, 0.25) is 0 Å². The van der Waals surface area contributed by atoms with Crippen molar-refractivity contribution >= 4 is 11.8 Å². The minimum absolute atomic E-state index is 0.253. The van der Waals surface area contributed by atoms with Crippen LogP contribution in [0.15, 0.2) is 0 Å². The second-order valence-electron chi connectivity index (χ2n) is 5.10. The lowest BCUT2D eigenvalue weighted by atomic mass is 9.86. The van der Waals surface area contributed by atoms with Gasteiger partial charge in [0.15, 0.2) is 0 Å². The molecule has 3 nitrogen and oxygen atoms in total. The first-order valence-corrected chi connectivity index (χ1v) is 7.67. The number of rotatable bonds is 7. The summed E-state index contributed by atoms with van der Waals surface area (Å²) >= 11 is 1.78. The zero-order chi connectivity index (χ0) is 12.7. The van der Waals surface area contributed by atoms with E-state index < -0.39 is 0 Å². The molecule has 2 N–H and O–H groups in total. The van der Waals surface area contributed by atoms with Crippen molar-refractivity contribution in [2.45, 2.75) is 51.1 Å². The van der Waals surface area contributed by atoms with E-state index >= 15 is 0 Å². The van der Waals surface area contributed by atoms with Gasteiger partial charge in [0.1, 0.15) is 5.54 Å². The fourth-order valence-electron chi connectivity index (χ4n) is 2.75. The maximum absolute atomic E-state index is 9.48. The largest absolute Gasteiger partial charge is 0.396 e. The molecule has 0 saturated heterocycles. The lowest BCUT2D eigenvalue weighted by Crippen LogP contribution is -2.50. The monoisotopic (exact) mass is 256 g/mol. The molecule has 1 aliphatic rings. The average Bonchev–Trinajstić information content (AvgIpc) is 2.67. The quantitative estimate of drug-likeness (QED) is 0.685. The summed E-state index contributed by atoms with van der Waals surface area (Å²) in [4.78, 5) is 0. The smallest absolute Gasteiger partial charge is 0.109 e. The highest BCUT2D eigenvalue weighted by Gasteiger charge is 2.42. The van der Waals surface area contributed by atoms with Gasteiger partial charge in [-0.15, -0.1) is 0 Å². The van der Waals surface area contributed by atoms with Crippen LogP contribution in [0.1, 0.15) is 39.5 Å². The Morgan fingerprint density at radius 2 is 2.29 bits per heavy atom. The molecule has 0 aromatic heterocycles. The Hall–Kier alpha value is -0.240. The Balaban J connectivity index is 2.48. The van der Waals surface area contributed by atoms with E-state index in [9.17, 15) is 5.26 Å². The van der Waals surface area contributed by atoms with Gasteiger partial charge in [0, 0.05) is 11.8 Å². The number of hydrogen-bond acceptors (Lipinski definition) is 4. The molecule has 0 bridgehead atoms. The summed E-state index contributed by atoms with van der Waals surface area (Å²) in [6.07, 6.45) is 4.38. The third-order valence-corrected chi connectivity index (χ3v) is 4.41. The van der Waals surface area contributed by atoms with Crippen LogP contribution < -0.4 is 5.32 Å². The molecule has 0 radical (unpaired) electrons. The Morgan fingerprint density at radius 3 is 2.88 bits per heavy atom. The molecule has 2 unspecified atom stereocenters. The average molecular weight is 256 g/mol. The van der Waals surface area contributed by atoms with E-state index in [-0.39, 0.29) is 12.1 Å². The molecule has 2 atom stereocenters. The summed E-state index contributed by atoms with van der Waals surface area (Å²) in [6.45, 7) is 4.47. The maximum Gasteiger partial charge on any atom is 0.109 e. The Bertz CT molecular complexity index is 265. The molecule has 4 heteroatoms. The molecule has 17 heavy (non-hydrogen) atoms. The molecular weight excluding hydrogens is 232 g/mol. The molecule has 1 fully saturated rings. The Labute approximate surface area is 109 Å². The summed E-state index contributed by atoms with van der Waals surface area (Å²) in [5.74, 6) is 2.33. The van der Waals surface area contributed by atoms with Crippen LogP contribution in [0.3, 0.4) is 0 Å². The number of nitrogens with zero attached hydrogens (tertiary/aromatic N) is 1. The molecule has 0 aromatic rings. The van der Waals surface area contributed by atoms with E-state index in [0.717, 1.165) is 37.2 Å². The van der Waals surface area contributed by atoms with E-state index in [1.807, 2.05) is 0 Å². The van der Waals surface area contributed by atoms with Crippen LogP contribution in [0.25, 0.3) is 0 Å². The minimum atomic E-state index is -0.298. The fraction of sp³-hybridized carbons (Fsp3) is 0.923. The minimum Gasteiger partial charge on any atom is -0.396 e. The molecule has 0 aromatic carbocycles. The number of aliphatic hydroxyl groups excluding tert-OH is 1. The van der Waals surface area contributed by atoms with Crippen molar-refractivity contribution in [1.82, 2.24) is 5.32 Å². The van der Waals surface area contributed by atoms with E-state index in [4.69, 9.17) is 5.11 Å². The number of thioether (sulfide) groups is 1. The predicted molar refractivity (Wildman–Crippen MR) is 73.0 cm³/mol. The van der Waals surface area contributed by atoms with Gasteiger partial charge in [-0.3, -0.25) is 5.32 Å². The summed E-state index contributed by atoms with van der Waals surface area (Å²) in [5, 5.41) is 21.7. The SMILES string of the molecule is CC(C)NC1(C#N)CCCC1CCSCCO. The molecule has 1 aliphatic carbocycles. The second-order valence-corrected chi connectivity index (χ2v) is 6.32. The zero-order valence-electron chi connectivity index (χ0n) is 10.9. The van der Waals surface area contributed by atoms with Crippen molar-refractivity contribution in [3.05, 3.63) is 0 Å². The summed E-state index contributed by atoms with van der Waals surface area (Å²) in [7, 11) is 0. The van der Waals surface area contributed by atoms with Gasteiger partial charge >= 0.3 is 0 Å². The molecule has 1 rings (SSSR count). The number of nitriles is 1. The number of hydrogen-bond donors (Lipinski definition) is 2. The van der Waals surface area contributed by atoms with Crippen molar-refractivity contribution in [2.75, 3.05) is 18.1 Å². The van der Waals surface area contributed by atoms with Gasteiger partial charge in [-0.1, -0.05) is 6.42 Å². The molecule has 0 heterocycles. The lowest BCUT2D eigenvalue weighted by Gasteiger charge is -2.32. The summed E-state index contributed by atoms with van der Waals surface area (Å²) in [5.41, 5.74) is -0.298. The summed E-state index contributed by atoms with van der Waals surface area (Å²) < 4.78 is 0. The summed E-state index contributed by atoms with van der Waals surface area (Å²) in [6, 6.07) is 2.89. The molecule has 98 valence electrons. The van der Waals surface area contributed by atoms with Crippen LogP contribution in [-0.4, -0.2) is 34.8 Å². The van der Waals surface area contributed by atoms with Crippen molar-refractivity contribution in [1.29, 1.82) is 5.26 Å². The van der Waals surface area contributed by atoms with Crippen LogP contribution in [-0.2, 0) is 0 Å². The van der Waals surface area contributed by atoms with Crippen LogP contribution >= 0.6 is 11.8 Å². The molecule has 0 aliphatic heterocycles. The van der Waals surface area contributed by atoms with Crippen molar-refractivity contribution in [3.8, 4) is 6.07 Å². The first kappa shape index (κ1) is 14.8. The van der Waals surface area contributed by atoms with Gasteiger partial charge in [-0.2, -0.15) is 17.0 Å². The third-order valence-electron chi connectivity index (χ3n) is 3.41. The number of aliphatic hydroxyl groups is 1. The van der Waals surface area contributed by atoms with Gasteiger partial charge in [-0.25, -0.2) is 0 Å². The van der Waals surface area contributed by atoms with Crippen LogP contribution in [0.4, 0.5) is 0 Å². The van der Waals surface area contributed by atoms with E-state index in [0.29, 0.717) is 12.0 Å². The van der Waals surface area contributed by atoms with Crippen molar-refractivity contribution in [2.24, 2.45) is 5.92 Å². The standard InChI is InChI=1S/C13H24N2OS/c1-11(2)15-13(10-14)6-3-4-12(13)5-8-17-9-7-16/h11-12,15-16H,3-9H2,1-2H3. The highest BCUT2D eigenvalue weighted by atomic mass is 32.2. The first-order chi connectivity index (χ1) is 8.14. The van der Waals surface area contributed by atoms with Crippen LogP contribution in [0.5, 0.6) is 0 Å². The Kier molecular flexibility index (Phi) is 6.32. The number of nitrogens with one attached hydrogen (secondary N) is 1. The van der Waals surface area contributed by atoms with Gasteiger partial charge < -0.3 is 5.11 Å². The molecule has 0 spiro atoms. The normalized spacial score (nSPS) is 28.5. The van der Waals surface area contributed by atoms with Crippen LogP contribution in [0.2, 0.25) is 0 Å². The highest BCUT2D eigenvalue weighted by molar-refractivity contribution is 7.99. The zero-order valence-corrected chi connectivity index (χ0v) is 11.7. The van der Waals surface area contributed by atoms with Gasteiger partial charge in [0.05, 0.1) is 12.7 Å². The van der Waals surface area contributed by atoms with Crippen molar-refractivity contribution in [3.63, 3.8) is 0 Å². The van der Waals surface area contributed by atoms with Crippen LogP contribution in [0, 0.1) is 17.2 Å². The lowest BCUT2D eigenvalue weighted by molar-refractivity contribution is 0.289. The van der Waals surface area contributed by atoms with E-state index in [2.05, 4.69) is 25.2 Å². The van der Waals surface area contributed by atoms with Crippen molar-refractivity contribution < 1.29 is 5.11 Å². The third kappa shape index (κ3) is 4.17. The Morgan fingerprint density at radius 1 is 1.53 bits per heavy atom. The van der Waals surface area contributed by atoms with Gasteiger partial charge in [0.25, 0.3) is 0 Å². The second kappa shape index (κ2) is 7.25. The predicted octanol–water partition coefficient (Wildman–Crippen LogP) is 2.16.